The van der Waals surface area contributed by atoms with Crippen LogP contribution in [-0.2, 0) is 16.1 Å². The highest BCUT2D eigenvalue weighted by Gasteiger charge is 2.40. The van der Waals surface area contributed by atoms with E-state index in [0.717, 1.165) is 93.9 Å². The van der Waals surface area contributed by atoms with Crippen LogP contribution in [0.2, 0.25) is 0 Å². The molecule has 5 N–H and O–H groups in total. The summed E-state index contributed by atoms with van der Waals surface area (Å²) in [6.07, 6.45) is 7.09. The van der Waals surface area contributed by atoms with E-state index >= 15 is 0 Å². The molecular weight excluding hydrogens is 632 g/mol. The number of fused-ring (bicyclic) bond motifs is 2. The maximum Gasteiger partial charge on any atom is 0.255 e. The normalized spacial score (nSPS) is 25.5. The van der Waals surface area contributed by atoms with Crippen LogP contribution in [0, 0.1) is 11.8 Å². The lowest BCUT2D eigenvalue weighted by molar-refractivity contribution is -0.136. The fourth-order valence-corrected chi connectivity index (χ4v) is 8.75. The number of hydrogen-bond donors (Lipinski definition) is 4. The van der Waals surface area contributed by atoms with E-state index in [4.69, 9.17) is 5.73 Å². The molecule has 12 heteroatoms. The summed E-state index contributed by atoms with van der Waals surface area (Å²) in [6.45, 7) is 10.8. The maximum atomic E-state index is 13.3. The molecule has 6 heterocycles. The molecule has 0 spiro atoms. The van der Waals surface area contributed by atoms with E-state index in [1.165, 1.54) is 12.8 Å². The first-order valence-corrected chi connectivity index (χ1v) is 18.2. The van der Waals surface area contributed by atoms with E-state index in [9.17, 15) is 19.5 Å². The van der Waals surface area contributed by atoms with Gasteiger partial charge in [0.15, 0.2) is 0 Å². The summed E-state index contributed by atoms with van der Waals surface area (Å²) in [6, 6.07) is 13.3. The average Bonchev–Trinajstić information content (AvgIpc) is 3.42. The van der Waals surface area contributed by atoms with Gasteiger partial charge in [0.1, 0.15) is 17.6 Å². The molecule has 0 aromatic heterocycles. The molecule has 3 amide bonds. The Morgan fingerprint density at radius 3 is 2.46 bits per heavy atom. The number of carbonyl (C=O) groups excluding carboxylic acids is 3. The van der Waals surface area contributed by atoms with Crippen LogP contribution in [0.4, 0.5) is 5.69 Å². The van der Waals surface area contributed by atoms with Crippen molar-refractivity contribution in [3.63, 3.8) is 0 Å². The lowest BCUT2D eigenvalue weighted by Gasteiger charge is -2.47. The van der Waals surface area contributed by atoms with Crippen LogP contribution in [0.3, 0.4) is 0 Å². The van der Waals surface area contributed by atoms with Crippen molar-refractivity contribution in [2.75, 3.05) is 70.3 Å². The van der Waals surface area contributed by atoms with Gasteiger partial charge in [-0.2, -0.15) is 0 Å². The molecule has 4 fully saturated rings. The minimum absolute atomic E-state index is 0.113. The van der Waals surface area contributed by atoms with Gasteiger partial charge in [-0.15, -0.1) is 0 Å². The first-order valence-electron chi connectivity index (χ1n) is 18.2. The lowest BCUT2D eigenvalue weighted by atomic mass is 9.92. The van der Waals surface area contributed by atoms with Gasteiger partial charge in [-0.1, -0.05) is 24.3 Å². The van der Waals surface area contributed by atoms with Gasteiger partial charge < -0.3 is 35.8 Å². The number of imide groups is 1. The minimum Gasteiger partial charge on any atom is -0.507 e. The molecule has 6 aliphatic rings. The van der Waals surface area contributed by atoms with Gasteiger partial charge in [0.05, 0.1) is 11.7 Å². The number of nitrogens with two attached hydrogens (primary N) is 1. The van der Waals surface area contributed by atoms with E-state index in [0.29, 0.717) is 36.3 Å². The highest BCUT2D eigenvalue weighted by Crippen LogP contribution is 2.34. The second-order valence-corrected chi connectivity index (χ2v) is 14.9. The molecule has 8 rings (SSSR count). The number of nitrogens with zero attached hydrogens (tertiary/aromatic N) is 5. The fourth-order valence-electron chi connectivity index (χ4n) is 8.75. The van der Waals surface area contributed by atoms with Crippen LogP contribution in [0.25, 0.3) is 6.08 Å². The van der Waals surface area contributed by atoms with Gasteiger partial charge in [-0.05, 0) is 74.2 Å². The number of benzene rings is 2. The number of hydrogen-bond acceptors (Lipinski definition) is 10. The largest absolute Gasteiger partial charge is 0.507 e. The third-order valence-corrected chi connectivity index (χ3v) is 11.6. The van der Waals surface area contributed by atoms with Crippen molar-refractivity contribution >= 4 is 29.5 Å². The van der Waals surface area contributed by atoms with Gasteiger partial charge in [0.2, 0.25) is 11.8 Å². The number of likely N-dealkylation sites (tertiary alicyclic amines) is 1. The predicted octanol–water partition coefficient (Wildman–Crippen LogP) is 1.73. The van der Waals surface area contributed by atoms with Gasteiger partial charge in [-0.3, -0.25) is 24.6 Å². The SMILES string of the molecule is NC1=C(/C=C/c2ccccc2O)N2CCN(CC3CCN(CC4CN(c5ccc6c(c5)C(=O)N(C5CCC(=O)NC5=O)C6)C4)CC3)CC2CN1. The van der Waals surface area contributed by atoms with Crippen LogP contribution in [0.1, 0.15) is 47.2 Å². The quantitative estimate of drug-likeness (QED) is 0.305. The summed E-state index contributed by atoms with van der Waals surface area (Å²) in [4.78, 5) is 48.9. The Hall–Kier alpha value is -4.55. The molecule has 264 valence electrons. The summed E-state index contributed by atoms with van der Waals surface area (Å²) in [7, 11) is 0. The van der Waals surface area contributed by atoms with Crippen molar-refractivity contribution in [1.82, 2.24) is 30.2 Å². The Morgan fingerprint density at radius 2 is 1.66 bits per heavy atom. The van der Waals surface area contributed by atoms with Crippen molar-refractivity contribution < 1.29 is 19.5 Å². The molecule has 0 saturated carbocycles. The molecule has 0 radical (unpaired) electrons. The van der Waals surface area contributed by atoms with Crippen molar-refractivity contribution in [3.8, 4) is 5.75 Å². The van der Waals surface area contributed by atoms with Gasteiger partial charge in [0, 0.05) is 88.1 Å². The van der Waals surface area contributed by atoms with Crippen molar-refractivity contribution in [1.29, 1.82) is 0 Å². The summed E-state index contributed by atoms with van der Waals surface area (Å²) in [5, 5.41) is 16.0. The van der Waals surface area contributed by atoms with Crippen LogP contribution >= 0.6 is 0 Å². The molecule has 0 aliphatic carbocycles. The number of nitrogens with one attached hydrogen (secondary N) is 2. The number of anilines is 1. The van der Waals surface area contributed by atoms with Crippen LogP contribution in [-0.4, -0.2) is 120 Å². The molecule has 0 bridgehead atoms. The predicted molar refractivity (Wildman–Crippen MR) is 191 cm³/mol. The molecule has 2 unspecified atom stereocenters. The minimum atomic E-state index is -0.580. The molecule has 12 nitrogen and oxygen atoms in total. The molecule has 2 aromatic carbocycles. The Bertz CT molecular complexity index is 1710. The molecule has 6 aliphatic heterocycles. The second kappa shape index (κ2) is 13.6. The van der Waals surface area contributed by atoms with Gasteiger partial charge >= 0.3 is 0 Å². The highest BCUT2D eigenvalue weighted by molar-refractivity contribution is 6.05. The third-order valence-electron chi connectivity index (χ3n) is 11.6. The zero-order valence-corrected chi connectivity index (χ0v) is 28.6. The number of allylic oxidation sites excluding steroid dienone is 1. The third kappa shape index (κ3) is 6.54. The highest BCUT2D eigenvalue weighted by atomic mass is 16.3. The Morgan fingerprint density at radius 1 is 0.860 bits per heavy atom. The standard InChI is InChI=1S/C38H48N8O4/c39-36-32(8-6-27-3-1-2-4-34(27)47)45-16-15-43(24-30(45)18-40-36)19-25-11-13-42(14-12-25)20-26-21-44(22-26)29-7-5-28-23-46(38(50)31(28)17-29)33-9-10-35(48)41-37(33)49/h1-8,17,25-26,30,33,40,47H,9-16,18-24,39H2,(H,41,48,49)/b8-6+. The number of piperidine rings is 2. The van der Waals surface area contributed by atoms with E-state index in [-0.39, 0.29) is 29.9 Å². The second-order valence-electron chi connectivity index (χ2n) is 14.9. The van der Waals surface area contributed by atoms with Crippen molar-refractivity contribution in [2.45, 2.75) is 44.3 Å². The number of para-hydroxylation sites is 1. The van der Waals surface area contributed by atoms with Crippen LogP contribution in [0.5, 0.6) is 5.75 Å². The average molecular weight is 681 g/mol. The number of phenols is 1. The monoisotopic (exact) mass is 680 g/mol. The maximum absolute atomic E-state index is 13.3. The Balaban J connectivity index is 0.772. The first-order chi connectivity index (χ1) is 24.3. The van der Waals surface area contributed by atoms with Crippen molar-refractivity contribution in [3.05, 3.63) is 76.7 Å². The molecule has 4 saturated heterocycles. The Kier molecular flexibility index (Phi) is 8.90. The number of aromatic hydroxyl groups is 1. The summed E-state index contributed by atoms with van der Waals surface area (Å²) >= 11 is 0. The first kappa shape index (κ1) is 32.6. The number of piperazine rings is 1. The zero-order chi connectivity index (χ0) is 34.4. The zero-order valence-electron chi connectivity index (χ0n) is 28.6. The fraction of sp³-hybridized carbons (Fsp3) is 0.500. The van der Waals surface area contributed by atoms with Crippen LogP contribution in [0.15, 0.2) is 60.1 Å². The molecular formula is C38H48N8O4. The van der Waals surface area contributed by atoms with Gasteiger partial charge in [-0.25, -0.2) is 0 Å². The topological polar surface area (TPSA) is 138 Å². The molecule has 50 heavy (non-hydrogen) atoms. The summed E-state index contributed by atoms with van der Waals surface area (Å²) in [5.74, 6) is 1.56. The number of carbonyl (C=O) groups is 3. The summed E-state index contributed by atoms with van der Waals surface area (Å²) in [5.41, 5.74) is 10.9. The lowest BCUT2D eigenvalue weighted by Crippen LogP contribution is -2.60. The number of rotatable bonds is 8. The molecule has 2 atom stereocenters. The smallest absolute Gasteiger partial charge is 0.255 e. The van der Waals surface area contributed by atoms with E-state index < -0.39 is 6.04 Å². The van der Waals surface area contributed by atoms with E-state index in [2.05, 4.69) is 36.3 Å². The van der Waals surface area contributed by atoms with Crippen molar-refractivity contribution in [2.24, 2.45) is 17.6 Å². The summed E-state index contributed by atoms with van der Waals surface area (Å²) < 4.78 is 0. The van der Waals surface area contributed by atoms with E-state index in [1.54, 1.807) is 11.0 Å². The molecule has 2 aromatic rings. The number of phenolic OH excluding ortho intramolecular Hbond substituents is 1. The number of amides is 3. The van der Waals surface area contributed by atoms with Crippen LogP contribution < -0.4 is 21.3 Å². The van der Waals surface area contributed by atoms with E-state index in [1.807, 2.05) is 42.5 Å². The Labute approximate surface area is 293 Å². The van der Waals surface area contributed by atoms with Gasteiger partial charge in [0.25, 0.3) is 5.91 Å².